The summed E-state index contributed by atoms with van der Waals surface area (Å²) >= 11 is 0. The first-order chi connectivity index (χ1) is 11.6. The van der Waals surface area contributed by atoms with E-state index >= 15 is 0 Å². The number of rotatable bonds is 1. The van der Waals surface area contributed by atoms with Crippen LogP contribution in [0.3, 0.4) is 0 Å². The van der Waals surface area contributed by atoms with E-state index in [-0.39, 0.29) is 0 Å². The van der Waals surface area contributed by atoms with Gasteiger partial charge < -0.3 is 14.6 Å². The predicted molar refractivity (Wildman–Crippen MR) is 91.8 cm³/mol. The molecule has 1 aromatic carbocycles. The number of methoxy groups -OCH3 is 1. The highest BCUT2D eigenvalue weighted by Gasteiger charge is 2.42. The van der Waals surface area contributed by atoms with Gasteiger partial charge in [-0.25, -0.2) is 9.59 Å². The van der Waals surface area contributed by atoms with Crippen molar-refractivity contribution in [3.05, 3.63) is 35.4 Å². The average molecular weight is 345 g/mol. The molecule has 0 unspecified atom stereocenters. The van der Waals surface area contributed by atoms with E-state index in [0.717, 1.165) is 0 Å². The Labute approximate surface area is 147 Å². The molecule has 1 aromatic rings. The van der Waals surface area contributed by atoms with Crippen LogP contribution < -0.4 is 0 Å². The van der Waals surface area contributed by atoms with Crippen molar-refractivity contribution in [2.75, 3.05) is 13.7 Å². The Balaban J connectivity index is 2.16. The smallest absolute Gasteiger partial charge is 0.413 e. The Bertz CT molecular complexity index is 708. The quantitative estimate of drug-likeness (QED) is 0.625. The van der Waals surface area contributed by atoms with E-state index in [1.165, 1.54) is 12.0 Å². The highest BCUT2D eigenvalue weighted by molar-refractivity contribution is 5.89. The van der Waals surface area contributed by atoms with Gasteiger partial charge in [0.25, 0.3) is 0 Å². The Kier molecular flexibility index (Phi) is 5.39. The Morgan fingerprint density at radius 3 is 2.44 bits per heavy atom. The first-order valence-electron chi connectivity index (χ1n) is 8.09. The molecule has 25 heavy (non-hydrogen) atoms. The molecule has 2 rings (SSSR count). The second-order valence-corrected chi connectivity index (χ2v) is 6.87. The number of carbonyl (C=O) groups is 2. The lowest BCUT2D eigenvalue weighted by molar-refractivity contribution is -0.0467. The van der Waals surface area contributed by atoms with Crippen molar-refractivity contribution < 1.29 is 24.2 Å². The molecule has 1 aliphatic rings. The van der Waals surface area contributed by atoms with Gasteiger partial charge in [-0.1, -0.05) is 5.92 Å². The van der Waals surface area contributed by atoms with Crippen molar-refractivity contribution >= 4 is 12.1 Å². The third-order valence-corrected chi connectivity index (χ3v) is 3.68. The fourth-order valence-corrected chi connectivity index (χ4v) is 2.47. The summed E-state index contributed by atoms with van der Waals surface area (Å²) in [7, 11) is 1.32. The molecule has 6 heteroatoms. The van der Waals surface area contributed by atoms with Gasteiger partial charge in [0.2, 0.25) is 5.72 Å². The second kappa shape index (κ2) is 7.16. The molecule has 1 fully saturated rings. The van der Waals surface area contributed by atoms with Crippen molar-refractivity contribution in [3.63, 3.8) is 0 Å². The molecule has 0 spiro atoms. The third-order valence-electron chi connectivity index (χ3n) is 3.68. The standard InChI is InChI=1S/C19H23NO5/c1-18(2,3)25-17(22)20-13-5-11-19(20,23)12-10-14-6-8-15(9-7-14)16(21)24-4/h6-9,23H,5,11,13H2,1-4H3/t19-/m0/s1. The van der Waals surface area contributed by atoms with E-state index < -0.39 is 23.4 Å². The number of nitrogens with zero attached hydrogens (tertiary/aromatic N) is 1. The summed E-state index contributed by atoms with van der Waals surface area (Å²) < 4.78 is 9.97. The van der Waals surface area contributed by atoms with Crippen LogP contribution in [0.15, 0.2) is 24.3 Å². The molecule has 1 atom stereocenters. The summed E-state index contributed by atoms with van der Waals surface area (Å²) in [6.45, 7) is 5.71. The second-order valence-electron chi connectivity index (χ2n) is 6.87. The molecule has 134 valence electrons. The number of esters is 1. The zero-order valence-electron chi connectivity index (χ0n) is 15.0. The molecular weight excluding hydrogens is 322 g/mol. The SMILES string of the molecule is COC(=O)c1ccc(C#C[C@@]2(O)CCCN2C(=O)OC(C)(C)C)cc1. The number of hydrogen-bond acceptors (Lipinski definition) is 5. The van der Waals surface area contributed by atoms with E-state index in [9.17, 15) is 14.7 Å². The number of carbonyl (C=O) groups excluding carboxylic acids is 2. The molecule has 6 nitrogen and oxygen atoms in total. The first kappa shape index (κ1) is 18.8. The molecule has 0 radical (unpaired) electrons. The predicted octanol–water partition coefficient (Wildman–Crippen LogP) is 2.54. The summed E-state index contributed by atoms with van der Waals surface area (Å²) in [6, 6.07) is 6.52. The van der Waals surface area contributed by atoms with Crippen LogP contribution in [-0.2, 0) is 9.47 Å². The van der Waals surface area contributed by atoms with Crippen LogP contribution in [0.25, 0.3) is 0 Å². The topological polar surface area (TPSA) is 76.1 Å². The minimum atomic E-state index is -1.55. The third kappa shape index (κ3) is 4.74. The molecule has 0 bridgehead atoms. The molecule has 0 saturated carbocycles. The Hall–Kier alpha value is -2.52. The summed E-state index contributed by atoms with van der Waals surface area (Å²) in [5, 5.41) is 10.7. The van der Waals surface area contributed by atoms with E-state index in [4.69, 9.17) is 4.74 Å². The van der Waals surface area contributed by atoms with E-state index in [1.807, 2.05) is 0 Å². The molecule has 1 heterocycles. The number of ether oxygens (including phenoxy) is 2. The zero-order chi connectivity index (χ0) is 18.7. The van der Waals surface area contributed by atoms with Crippen LogP contribution in [0.1, 0.15) is 49.5 Å². The summed E-state index contributed by atoms with van der Waals surface area (Å²) in [5.74, 6) is 5.20. The summed E-state index contributed by atoms with van der Waals surface area (Å²) in [4.78, 5) is 24.9. The Morgan fingerprint density at radius 2 is 1.88 bits per heavy atom. The minimum absolute atomic E-state index is 0.361. The molecule has 1 aliphatic heterocycles. The van der Waals surface area contributed by atoms with Crippen molar-refractivity contribution in [3.8, 4) is 11.8 Å². The largest absolute Gasteiger partial charge is 0.465 e. The maximum atomic E-state index is 12.3. The first-order valence-corrected chi connectivity index (χ1v) is 8.09. The van der Waals surface area contributed by atoms with Crippen molar-refractivity contribution in [1.82, 2.24) is 4.90 Å². The van der Waals surface area contributed by atoms with Gasteiger partial charge in [-0.2, -0.15) is 0 Å². The van der Waals surface area contributed by atoms with Crippen LogP contribution in [0, 0.1) is 11.8 Å². The maximum absolute atomic E-state index is 12.3. The molecule has 0 aromatic heterocycles. The highest BCUT2D eigenvalue weighted by Crippen LogP contribution is 2.28. The van der Waals surface area contributed by atoms with Crippen LogP contribution in [-0.4, -0.2) is 47.0 Å². The van der Waals surface area contributed by atoms with E-state index in [0.29, 0.717) is 30.5 Å². The zero-order valence-corrected chi connectivity index (χ0v) is 15.0. The highest BCUT2D eigenvalue weighted by atomic mass is 16.6. The number of likely N-dealkylation sites (tertiary alicyclic amines) is 1. The van der Waals surface area contributed by atoms with Crippen LogP contribution in [0.2, 0.25) is 0 Å². The fraction of sp³-hybridized carbons (Fsp3) is 0.474. The van der Waals surface area contributed by atoms with E-state index in [2.05, 4.69) is 16.6 Å². The van der Waals surface area contributed by atoms with Gasteiger partial charge in [-0.3, -0.25) is 4.90 Å². The molecule has 1 saturated heterocycles. The van der Waals surface area contributed by atoms with Gasteiger partial charge in [-0.15, -0.1) is 0 Å². The van der Waals surface area contributed by atoms with Crippen LogP contribution in [0.4, 0.5) is 4.79 Å². The summed E-state index contributed by atoms with van der Waals surface area (Å²) in [6.07, 6.45) is 0.424. The minimum Gasteiger partial charge on any atom is -0.465 e. The molecule has 0 aliphatic carbocycles. The maximum Gasteiger partial charge on any atom is 0.413 e. The van der Waals surface area contributed by atoms with Crippen LogP contribution in [0.5, 0.6) is 0 Å². The number of benzene rings is 1. The van der Waals surface area contributed by atoms with Gasteiger partial charge >= 0.3 is 12.1 Å². The molecule has 1 N–H and O–H groups in total. The van der Waals surface area contributed by atoms with Crippen molar-refractivity contribution in [2.24, 2.45) is 0 Å². The van der Waals surface area contributed by atoms with Crippen molar-refractivity contribution in [1.29, 1.82) is 0 Å². The molecule has 1 amide bonds. The van der Waals surface area contributed by atoms with Gasteiger partial charge in [0.15, 0.2) is 0 Å². The van der Waals surface area contributed by atoms with E-state index in [1.54, 1.807) is 45.0 Å². The number of amides is 1. The lowest BCUT2D eigenvalue weighted by atomic mass is 10.1. The van der Waals surface area contributed by atoms with Gasteiger partial charge in [0.05, 0.1) is 12.7 Å². The van der Waals surface area contributed by atoms with Gasteiger partial charge in [0.1, 0.15) is 5.60 Å². The van der Waals surface area contributed by atoms with Crippen molar-refractivity contribution in [2.45, 2.75) is 44.9 Å². The van der Waals surface area contributed by atoms with Gasteiger partial charge in [-0.05, 0) is 57.4 Å². The Morgan fingerprint density at radius 1 is 1.24 bits per heavy atom. The van der Waals surface area contributed by atoms with Crippen LogP contribution >= 0.6 is 0 Å². The number of hydrogen-bond donors (Lipinski definition) is 1. The normalized spacial score (nSPS) is 19.8. The molecular formula is C19H23NO5. The lowest BCUT2D eigenvalue weighted by Crippen LogP contribution is -2.48. The fourth-order valence-electron chi connectivity index (χ4n) is 2.47. The number of aliphatic hydroxyl groups is 1. The van der Waals surface area contributed by atoms with Gasteiger partial charge in [0, 0.05) is 18.5 Å². The monoisotopic (exact) mass is 345 g/mol. The summed E-state index contributed by atoms with van der Waals surface area (Å²) in [5.41, 5.74) is -1.15. The lowest BCUT2D eigenvalue weighted by Gasteiger charge is -2.31. The average Bonchev–Trinajstić information content (AvgIpc) is 2.93.